The molecule has 0 radical (unpaired) electrons. The molecule has 2 atom stereocenters. The maximum atomic E-state index is 13.9. The average Bonchev–Trinajstić information content (AvgIpc) is 2.90. The van der Waals surface area contributed by atoms with Crippen molar-refractivity contribution in [2.75, 3.05) is 10.8 Å². The molecular formula is C29H34ClN3O4S. The molecule has 3 aromatic rings. The van der Waals surface area contributed by atoms with Gasteiger partial charge in [0, 0.05) is 17.6 Å². The van der Waals surface area contributed by atoms with E-state index < -0.39 is 28.5 Å². The smallest absolute Gasteiger partial charge is 0.264 e. The van der Waals surface area contributed by atoms with Gasteiger partial charge < -0.3 is 10.2 Å². The number of anilines is 1. The van der Waals surface area contributed by atoms with Crippen molar-refractivity contribution in [3.05, 3.63) is 95.0 Å². The maximum absolute atomic E-state index is 13.9. The van der Waals surface area contributed by atoms with Crippen molar-refractivity contribution in [1.82, 2.24) is 10.2 Å². The molecule has 1 N–H and O–H groups in total. The summed E-state index contributed by atoms with van der Waals surface area (Å²) in [5.41, 5.74) is 2.03. The summed E-state index contributed by atoms with van der Waals surface area (Å²) in [5, 5.41) is 3.42. The van der Waals surface area contributed by atoms with Gasteiger partial charge in [0.05, 0.1) is 10.6 Å². The molecule has 38 heavy (non-hydrogen) atoms. The highest BCUT2D eigenvalue weighted by Crippen LogP contribution is 2.25. The van der Waals surface area contributed by atoms with E-state index in [1.54, 1.807) is 67.6 Å². The number of hydrogen-bond acceptors (Lipinski definition) is 4. The predicted molar refractivity (Wildman–Crippen MR) is 152 cm³/mol. The Balaban J connectivity index is 2.01. The van der Waals surface area contributed by atoms with Crippen molar-refractivity contribution in [1.29, 1.82) is 0 Å². The highest BCUT2D eigenvalue weighted by molar-refractivity contribution is 7.92. The lowest BCUT2D eigenvalue weighted by Gasteiger charge is -2.32. The van der Waals surface area contributed by atoms with Crippen molar-refractivity contribution in [3.8, 4) is 0 Å². The topological polar surface area (TPSA) is 86.8 Å². The molecule has 3 rings (SSSR count). The molecule has 0 aromatic heterocycles. The summed E-state index contributed by atoms with van der Waals surface area (Å²) < 4.78 is 28.5. The lowest BCUT2D eigenvalue weighted by Crippen LogP contribution is -2.52. The molecular weight excluding hydrogens is 522 g/mol. The van der Waals surface area contributed by atoms with E-state index in [4.69, 9.17) is 11.6 Å². The monoisotopic (exact) mass is 555 g/mol. The molecule has 7 nitrogen and oxygen atoms in total. The summed E-state index contributed by atoms with van der Waals surface area (Å²) in [6.07, 6.45) is 0.733. The van der Waals surface area contributed by atoms with Crippen molar-refractivity contribution in [2.45, 2.75) is 57.6 Å². The van der Waals surface area contributed by atoms with Gasteiger partial charge in [-0.05, 0) is 69.2 Å². The van der Waals surface area contributed by atoms with E-state index in [0.29, 0.717) is 10.7 Å². The van der Waals surface area contributed by atoms with Gasteiger partial charge in [0.15, 0.2) is 0 Å². The lowest BCUT2D eigenvalue weighted by molar-refractivity contribution is -0.139. The Morgan fingerprint density at radius 1 is 0.947 bits per heavy atom. The Hall–Kier alpha value is -3.36. The fraction of sp³-hybridized carbons (Fsp3) is 0.310. The third-order valence-corrected chi connectivity index (χ3v) is 8.37. The lowest BCUT2D eigenvalue weighted by atomic mass is 10.1. The van der Waals surface area contributed by atoms with Crippen molar-refractivity contribution < 1.29 is 18.0 Å². The van der Waals surface area contributed by atoms with Gasteiger partial charge in [-0.2, -0.15) is 0 Å². The molecule has 0 fully saturated rings. The minimum Gasteiger partial charge on any atom is -0.352 e. The number of halogens is 1. The number of benzene rings is 3. The summed E-state index contributed by atoms with van der Waals surface area (Å²) in [5.74, 6) is -0.834. The third kappa shape index (κ3) is 7.36. The number of hydrogen-bond donors (Lipinski definition) is 1. The van der Waals surface area contributed by atoms with E-state index in [-0.39, 0.29) is 23.4 Å². The third-order valence-electron chi connectivity index (χ3n) is 6.34. The van der Waals surface area contributed by atoms with E-state index in [9.17, 15) is 18.0 Å². The molecule has 2 amide bonds. The molecule has 202 valence electrons. The maximum Gasteiger partial charge on any atom is 0.264 e. The zero-order chi connectivity index (χ0) is 27.9. The first-order valence-corrected chi connectivity index (χ1v) is 14.3. The zero-order valence-electron chi connectivity index (χ0n) is 22.1. The van der Waals surface area contributed by atoms with Gasteiger partial charge in [0.2, 0.25) is 11.8 Å². The number of nitrogens with one attached hydrogen (secondary N) is 1. The normalized spacial score (nSPS) is 12.9. The van der Waals surface area contributed by atoms with Gasteiger partial charge in [-0.1, -0.05) is 66.6 Å². The molecule has 3 aromatic carbocycles. The van der Waals surface area contributed by atoms with Crippen LogP contribution in [0.4, 0.5) is 5.69 Å². The van der Waals surface area contributed by atoms with Gasteiger partial charge in [-0.25, -0.2) is 8.42 Å². The van der Waals surface area contributed by atoms with Crippen LogP contribution < -0.4 is 9.62 Å². The first kappa shape index (κ1) is 29.2. The van der Waals surface area contributed by atoms with E-state index >= 15 is 0 Å². The van der Waals surface area contributed by atoms with E-state index in [2.05, 4.69) is 5.32 Å². The summed E-state index contributed by atoms with van der Waals surface area (Å²) in [6.45, 7) is 6.98. The van der Waals surface area contributed by atoms with Crippen LogP contribution in [-0.2, 0) is 26.2 Å². The highest BCUT2D eigenvalue weighted by atomic mass is 35.5. The molecule has 9 heteroatoms. The second-order valence-electron chi connectivity index (χ2n) is 9.31. The average molecular weight is 556 g/mol. The van der Waals surface area contributed by atoms with Crippen LogP contribution in [0.1, 0.15) is 38.3 Å². The summed E-state index contributed by atoms with van der Waals surface area (Å²) in [4.78, 5) is 28.4. The van der Waals surface area contributed by atoms with Gasteiger partial charge in [-0.15, -0.1) is 0 Å². The second kappa shape index (κ2) is 12.9. The molecule has 0 unspecified atom stereocenters. The number of carbonyl (C=O) groups is 2. The van der Waals surface area contributed by atoms with Crippen molar-refractivity contribution in [3.63, 3.8) is 0 Å². The van der Waals surface area contributed by atoms with Gasteiger partial charge in [0.1, 0.15) is 12.6 Å². The Bertz CT molecular complexity index is 1350. The molecule has 0 saturated heterocycles. The first-order valence-electron chi connectivity index (χ1n) is 12.5. The van der Waals surface area contributed by atoms with Crippen LogP contribution in [0.15, 0.2) is 83.8 Å². The second-order valence-corrected chi connectivity index (χ2v) is 11.6. The summed E-state index contributed by atoms with van der Waals surface area (Å²) in [6, 6.07) is 21.0. The number of aryl methyl sites for hydroxylation is 1. The largest absolute Gasteiger partial charge is 0.352 e. The van der Waals surface area contributed by atoms with Crippen molar-refractivity contribution in [2.24, 2.45) is 0 Å². The number of carbonyl (C=O) groups excluding carboxylic acids is 2. The molecule has 0 bridgehead atoms. The zero-order valence-corrected chi connectivity index (χ0v) is 23.7. The molecule has 0 aliphatic rings. The van der Waals surface area contributed by atoms with Crippen LogP contribution in [0.5, 0.6) is 0 Å². The Morgan fingerprint density at radius 3 is 2.21 bits per heavy atom. The first-order chi connectivity index (χ1) is 18.0. The quantitative estimate of drug-likeness (QED) is 0.353. The predicted octanol–water partition coefficient (Wildman–Crippen LogP) is 5.18. The SMILES string of the molecule is CC[C@H](C)NC(=O)[C@H](C)N(Cc1cccc(Cl)c1)C(=O)CN(c1ccc(C)cc1)S(=O)(=O)c1ccccc1. The van der Waals surface area contributed by atoms with E-state index in [1.807, 2.05) is 26.8 Å². The van der Waals surface area contributed by atoms with Crippen LogP contribution in [0.25, 0.3) is 0 Å². The van der Waals surface area contributed by atoms with Crippen LogP contribution >= 0.6 is 11.6 Å². The van der Waals surface area contributed by atoms with Crippen LogP contribution in [-0.4, -0.2) is 43.8 Å². The fourth-order valence-electron chi connectivity index (χ4n) is 3.84. The molecule has 0 saturated carbocycles. The molecule has 0 spiro atoms. The van der Waals surface area contributed by atoms with Crippen LogP contribution in [0.3, 0.4) is 0 Å². The molecule has 0 aliphatic carbocycles. The fourth-order valence-corrected chi connectivity index (χ4v) is 5.49. The Morgan fingerprint density at radius 2 is 1.61 bits per heavy atom. The van der Waals surface area contributed by atoms with E-state index in [0.717, 1.165) is 21.9 Å². The highest BCUT2D eigenvalue weighted by Gasteiger charge is 2.32. The van der Waals surface area contributed by atoms with Crippen LogP contribution in [0.2, 0.25) is 5.02 Å². The van der Waals surface area contributed by atoms with Gasteiger partial charge in [0.25, 0.3) is 10.0 Å². The summed E-state index contributed by atoms with van der Waals surface area (Å²) in [7, 11) is -4.08. The number of sulfonamides is 1. The van der Waals surface area contributed by atoms with Gasteiger partial charge in [-0.3, -0.25) is 13.9 Å². The molecule has 0 heterocycles. The minimum atomic E-state index is -4.08. The number of rotatable bonds is 11. The van der Waals surface area contributed by atoms with Crippen molar-refractivity contribution >= 4 is 39.1 Å². The number of nitrogens with zero attached hydrogens (tertiary/aromatic N) is 2. The molecule has 0 aliphatic heterocycles. The Kier molecular flexibility index (Phi) is 9.94. The van der Waals surface area contributed by atoms with Gasteiger partial charge >= 0.3 is 0 Å². The van der Waals surface area contributed by atoms with E-state index in [1.165, 1.54) is 17.0 Å². The summed E-state index contributed by atoms with van der Waals surface area (Å²) >= 11 is 6.17. The standard InChI is InChI=1S/C29H34ClN3O4S/c1-5-22(3)31-29(35)23(4)32(19-24-10-9-11-25(30)18-24)28(34)20-33(26-16-14-21(2)15-17-26)38(36,37)27-12-7-6-8-13-27/h6-18,22-23H,5,19-20H2,1-4H3,(H,31,35)/t22-,23-/m0/s1. The minimum absolute atomic E-state index is 0.0670. The number of amides is 2. The Labute approximate surface area is 230 Å². The van der Waals surface area contributed by atoms with Crippen LogP contribution in [0, 0.1) is 6.92 Å².